The van der Waals surface area contributed by atoms with Crippen molar-refractivity contribution in [3.8, 4) is 0 Å². The number of rotatable bonds is 4. The van der Waals surface area contributed by atoms with Crippen LogP contribution in [0, 0.1) is 5.92 Å². The van der Waals surface area contributed by atoms with E-state index in [2.05, 4.69) is 17.2 Å². The molecule has 3 heteroatoms. The highest BCUT2D eigenvalue weighted by Crippen LogP contribution is 2.15. The van der Waals surface area contributed by atoms with Gasteiger partial charge in [-0.2, -0.15) is 5.10 Å². The van der Waals surface area contributed by atoms with Gasteiger partial charge in [-0.25, -0.2) is 5.01 Å². The van der Waals surface area contributed by atoms with Gasteiger partial charge in [0.25, 0.3) is 5.91 Å². The zero-order chi connectivity index (χ0) is 12.3. The normalized spacial score (nSPS) is 19.6. The Kier molecular flexibility index (Phi) is 3.57. The minimum absolute atomic E-state index is 0.0354. The van der Waals surface area contributed by atoms with Crippen LogP contribution in [0.5, 0.6) is 0 Å². The second-order valence-corrected chi connectivity index (χ2v) is 4.51. The maximum Gasteiger partial charge on any atom is 0.251 e. The first kappa shape index (κ1) is 11.8. The topological polar surface area (TPSA) is 32.7 Å². The molecule has 0 N–H and O–H groups in total. The fourth-order valence-corrected chi connectivity index (χ4v) is 1.97. The highest BCUT2D eigenvalue weighted by atomic mass is 16.2. The fraction of sp³-hybridized carbons (Fsp3) is 0.429. The van der Waals surface area contributed by atoms with E-state index in [1.54, 1.807) is 5.01 Å². The maximum absolute atomic E-state index is 11.8. The summed E-state index contributed by atoms with van der Waals surface area (Å²) < 4.78 is 0. The first-order valence-electron chi connectivity index (χ1n) is 6.09. The fourth-order valence-electron chi connectivity index (χ4n) is 1.97. The van der Waals surface area contributed by atoms with Gasteiger partial charge in [0.15, 0.2) is 0 Å². The molecule has 1 aliphatic rings. The van der Waals surface area contributed by atoms with E-state index >= 15 is 0 Å². The van der Waals surface area contributed by atoms with Crippen molar-refractivity contribution in [3.05, 3.63) is 35.9 Å². The van der Waals surface area contributed by atoms with E-state index in [9.17, 15) is 4.79 Å². The largest absolute Gasteiger partial charge is 0.272 e. The summed E-state index contributed by atoms with van der Waals surface area (Å²) in [6, 6.07) is 10.3. The third-order valence-electron chi connectivity index (χ3n) is 3.21. The lowest BCUT2D eigenvalue weighted by atomic mass is 10.1. The summed E-state index contributed by atoms with van der Waals surface area (Å²) >= 11 is 0. The Morgan fingerprint density at radius 1 is 1.29 bits per heavy atom. The molecular formula is C14H18N2O. The molecule has 0 saturated heterocycles. The van der Waals surface area contributed by atoms with E-state index in [1.165, 1.54) is 5.56 Å². The smallest absolute Gasteiger partial charge is 0.251 e. The predicted octanol–water partition coefficient (Wildman–Crippen LogP) is 2.47. The second-order valence-electron chi connectivity index (χ2n) is 4.51. The van der Waals surface area contributed by atoms with Crippen LogP contribution in [0.25, 0.3) is 0 Å². The molecular weight excluding hydrogens is 212 g/mol. The number of hydrogen-bond donors (Lipinski definition) is 0. The average Bonchev–Trinajstić information content (AvgIpc) is 2.59. The molecule has 0 aliphatic carbocycles. The van der Waals surface area contributed by atoms with Crippen LogP contribution in [-0.4, -0.2) is 23.2 Å². The number of carbonyl (C=O) groups excluding carboxylic acids is 1. The lowest BCUT2D eigenvalue weighted by Gasteiger charge is -2.12. The summed E-state index contributed by atoms with van der Waals surface area (Å²) in [4.78, 5) is 11.8. The Labute approximate surface area is 102 Å². The molecule has 0 radical (unpaired) electrons. The minimum Gasteiger partial charge on any atom is -0.272 e. The summed E-state index contributed by atoms with van der Waals surface area (Å²) in [5.74, 6) is 0.0993. The molecule has 3 nitrogen and oxygen atoms in total. The second kappa shape index (κ2) is 5.13. The molecule has 0 bridgehead atoms. The van der Waals surface area contributed by atoms with Crippen molar-refractivity contribution in [1.29, 1.82) is 0 Å². The summed E-state index contributed by atoms with van der Waals surface area (Å²) in [5, 5.41) is 5.90. The first-order valence-corrected chi connectivity index (χ1v) is 6.09. The lowest BCUT2D eigenvalue weighted by Crippen LogP contribution is -2.26. The molecule has 0 fully saturated rings. The molecule has 1 aromatic rings. The molecule has 17 heavy (non-hydrogen) atoms. The van der Waals surface area contributed by atoms with E-state index in [0.29, 0.717) is 0 Å². The molecule has 1 atom stereocenters. The van der Waals surface area contributed by atoms with Crippen LogP contribution in [0.1, 0.15) is 25.8 Å². The highest BCUT2D eigenvalue weighted by molar-refractivity contribution is 6.06. The standard InChI is InChI=1S/C14H18N2O/c1-11-12(2)15-16(14(11)17)10-6-9-13-7-4-3-5-8-13/h3-5,7-8,11H,6,9-10H2,1-2H3. The van der Waals surface area contributed by atoms with E-state index in [-0.39, 0.29) is 11.8 Å². The number of hydrogen-bond acceptors (Lipinski definition) is 2. The van der Waals surface area contributed by atoms with Crippen LogP contribution in [-0.2, 0) is 11.2 Å². The number of hydrazone groups is 1. The average molecular weight is 230 g/mol. The van der Waals surface area contributed by atoms with E-state index in [4.69, 9.17) is 0 Å². The van der Waals surface area contributed by atoms with Gasteiger partial charge in [0.05, 0.1) is 5.92 Å². The zero-order valence-electron chi connectivity index (χ0n) is 10.4. The van der Waals surface area contributed by atoms with Crippen molar-refractivity contribution < 1.29 is 4.79 Å². The molecule has 1 aromatic carbocycles. The van der Waals surface area contributed by atoms with Crippen molar-refractivity contribution >= 4 is 11.6 Å². The summed E-state index contributed by atoms with van der Waals surface area (Å²) in [5.41, 5.74) is 2.24. The van der Waals surface area contributed by atoms with Gasteiger partial charge in [-0.3, -0.25) is 4.79 Å². The van der Waals surface area contributed by atoms with Crippen LogP contribution in [0.2, 0.25) is 0 Å². The Morgan fingerprint density at radius 2 is 2.00 bits per heavy atom. The number of amides is 1. The SMILES string of the molecule is CC1=NN(CCCc2ccccc2)C(=O)C1C. The molecule has 1 amide bonds. The van der Waals surface area contributed by atoms with Gasteiger partial charge in [-0.1, -0.05) is 30.3 Å². The van der Waals surface area contributed by atoms with E-state index < -0.39 is 0 Å². The summed E-state index contributed by atoms with van der Waals surface area (Å²) in [6.07, 6.45) is 1.95. The van der Waals surface area contributed by atoms with Crippen LogP contribution < -0.4 is 0 Å². The Hall–Kier alpha value is -1.64. The molecule has 0 aromatic heterocycles. The van der Waals surface area contributed by atoms with Gasteiger partial charge >= 0.3 is 0 Å². The van der Waals surface area contributed by atoms with Crippen LogP contribution >= 0.6 is 0 Å². The number of carbonyl (C=O) groups is 1. The van der Waals surface area contributed by atoms with Crippen molar-refractivity contribution in [2.24, 2.45) is 11.0 Å². The predicted molar refractivity (Wildman–Crippen MR) is 68.7 cm³/mol. The number of nitrogens with zero attached hydrogens (tertiary/aromatic N) is 2. The van der Waals surface area contributed by atoms with Crippen LogP contribution in [0.3, 0.4) is 0 Å². The van der Waals surface area contributed by atoms with Crippen molar-refractivity contribution in [3.63, 3.8) is 0 Å². The van der Waals surface area contributed by atoms with E-state index in [1.807, 2.05) is 32.0 Å². The molecule has 0 saturated carbocycles. The number of benzene rings is 1. The van der Waals surface area contributed by atoms with E-state index in [0.717, 1.165) is 25.1 Å². The van der Waals surface area contributed by atoms with Crippen LogP contribution in [0.15, 0.2) is 35.4 Å². The third kappa shape index (κ3) is 2.73. The lowest BCUT2D eigenvalue weighted by molar-refractivity contribution is -0.131. The third-order valence-corrected chi connectivity index (χ3v) is 3.21. The van der Waals surface area contributed by atoms with Crippen LogP contribution in [0.4, 0.5) is 0 Å². The van der Waals surface area contributed by atoms with Crippen molar-refractivity contribution in [2.75, 3.05) is 6.54 Å². The van der Waals surface area contributed by atoms with Gasteiger partial charge in [0.1, 0.15) is 0 Å². The van der Waals surface area contributed by atoms with Crippen molar-refractivity contribution in [1.82, 2.24) is 5.01 Å². The van der Waals surface area contributed by atoms with Gasteiger partial charge in [0.2, 0.25) is 0 Å². The molecule has 1 unspecified atom stereocenters. The van der Waals surface area contributed by atoms with Gasteiger partial charge in [-0.05, 0) is 32.3 Å². The zero-order valence-corrected chi connectivity index (χ0v) is 10.4. The highest BCUT2D eigenvalue weighted by Gasteiger charge is 2.28. The Bertz CT molecular complexity index is 425. The molecule has 0 spiro atoms. The van der Waals surface area contributed by atoms with Gasteiger partial charge in [0, 0.05) is 12.3 Å². The maximum atomic E-state index is 11.8. The molecule has 1 aliphatic heterocycles. The molecule has 2 rings (SSSR count). The van der Waals surface area contributed by atoms with Crippen molar-refractivity contribution in [2.45, 2.75) is 26.7 Å². The quantitative estimate of drug-likeness (QED) is 0.782. The molecule has 1 heterocycles. The summed E-state index contributed by atoms with van der Waals surface area (Å²) in [6.45, 7) is 4.55. The summed E-state index contributed by atoms with van der Waals surface area (Å²) in [7, 11) is 0. The monoisotopic (exact) mass is 230 g/mol. The Morgan fingerprint density at radius 3 is 2.59 bits per heavy atom. The number of aryl methyl sites for hydroxylation is 1. The van der Waals surface area contributed by atoms with Gasteiger partial charge < -0.3 is 0 Å². The van der Waals surface area contributed by atoms with Gasteiger partial charge in [-0.15, -0.1) is 0 Å². The first-order chi connectivity index (χ1) is 8.18. The minimum atomic E-state index is -0.0354. The molecule has 90 valence electrons. The Balaban J connectivity index is 1.82.